The van der Waals surface area contributed by atoms with Gasteiger partial charge in [-0.05, 0) is 38.2 Å². The van der Waals surface area contributed by atoms with E-state index in [2.05, 4.69) is 41.4 Å². The summed E-state index contributed by atoms with van der Waals surface area (Å²) in [6, 6.07) is 10.2. The van der Waals surface area contributed by atoms with Crippen LogP contribution in [0.4, 0.5) is 0 Å². The molecular weight excluding hydrogens is 250 g/mol. The summed E-state index contributed by atoms with van der Waals surface area (Å²) in [6.07, 6.45) is 3.36. The minimum atomic E-state index is 0.161. The summed E-state index contributed by atoms with van der Waals surface area (Å²) in [5.74, 6) is 2.20. The van der Waals surface area contributed by atoms with Crippen molar-refractivity contribution < 1.29 is 4.52 Å². The minimum Gasteiger partial charge on any atom is -0.338 e. The lowest BCUT2D eigenvalue weighted by Gasteiger charge is -2.25. The van der Waals surface area contributed by atoms with Gasteiger partial charge in [-0.25, -0.2) is 0 Å². The van der Waals surface area contributed by atoms with Gasteiger partial charge in [0.15, 0.2) is 5.82 Å². The number of rotatable bonds is 6. The molecule has 1 saturated carbocycles. The summed E-state index contributed by atoms with van der Waals surface area (Å²) < 4.78 is 5.31. The van der Waals surface area contributed by atoms with Crippen LogP contribution in [0, 0.1) is 5.92 Å². The maximum Gasteiger partial charge on any atom is 0.240 e. The van der Waals surface area contributed by atoms with Gasteiger partial charge < -0.3 is 9.84 Å². The van der Waals surface area contributed by atoms with E-state index < -0.39 is 0 Å². The normalized spacial score (nSPS) is 15.5. The van der Waals surface area contributed by atoms with Gasteiger partial charge in [-0.2, -0.15) is 4.98 Å². The van der Waals surface area contributed by atoms with Crippen LogP contribution in [-0.2, 0) is 13.0 Å². The molecule has 0 atom stereocenters. The van der Waals surface area contributed by atoms with Crippen molar-refractivity contribution in [3.63, 3.8) is 0 Å². The first-order valence-electron chi connectivity index (χ1n) is 7.24. The average Bonchev–Trinajstić information content (AvgIpc) is 3.21. The van der Waals surface area contributed by atoms with E-state index in [0.717, 1.165) is 18.2 Å². The van der Waals surface area contributed by atoms with Gasteiger partial charge in [0.05, 0.1) is 6.54 Å². The topological polar surface area (TPSA) is 51.0 Å². The SMILES string of the molecule is CC(C)(NCc1nc(Cc2ccccc2)no1)C1CC1. The number of hydrogen-bond acceptors (Lipinski definition) is 4. The lowest BCUT2D eigenvalue weighted by Crippen LogP contribution is -2.40. The van der Waals surface area contributed by atoms with E-state index in [0.29, 0.717) is 12.4 Å². The third-order valence-corrected chi connectivity index (χ3v) is 4.01. The Hall–Kier alpha value is -1.68. The van der Waals surface area contributed by atoms with Gasteiger partial charge in [0.2, 0.25) is 5.89 Å². The molecule has 1 heterocycles. The smallest absolute Gasteiger partial charge is 0.240 e. The molecule has 4 heteroatoms. The van der Waals surface area contributed by atoms with Crippen LogP contribution in [0.5, 0.6) is 0 Å². The molecule has 0 aliphatic heterocycles. The molecule has 0 radical (unpaired) electrons. The summed E-state index contributed by atoms with van der Waals surface area (Å²) >= 11 is 0. The molecule has 106 valence electrons. The zero-order chi connectivity index (χ0) is 14.0. The summed E-state index contributed by atoms with van der Waals surface area (Å²) in [4.78, 5) is 4.45. The molecule has 0 saturated heterocycles. The van der Waals surface area contributed by atoms with Crippen molar-refractivity contribution in [3.05, 3.63) is 47.6 Å². The number of nitrogens with one attached hydrogen (secondary N) is 1. The van der Waals surface area contributed by atoms with Crippen molar-refractivity contribution in [2.75, 3.05) is 0 Å². The van der Waals surface area contributed by atoms with Crippen LogP contribution < -0.4 is 5.32 Å². The molecular formula is C16H21N3O. The van der Waals surface area contributed by atoms with Crippen LogP contribution in [0.1, 0.15) is 44.0 Å². The van der Waals surface area contributed by atoms with Gasteiger partial charge >= 0.3 is 0 Å². The highest BCUT2D eigenvalue weighted by Crippen LogP contribution is 2.39. The van der Waals surface area contributed by atoms with Crippen molar-refractivity contribution >= 4 is 0 Å². The Morgan fingerprint density at radius 3 is 2.70 bits per heavy atom. The predicted molar refractivity (Wildman–Crippen MR) is 77.2 cm³/mol. The largest absolute Gasteiger partial charge is 0.338 e. The maximum atomic E-state index is 5.31. The molecule has 0 bridgehead atoms. The quantitative estimate of drug-likeness (QED) is 0.877. The van der Waals surface area contributed by atoms with E-state index in [1.807, 2.05) is 18.2 Å². The minimum absolute atomic E-state index is 0.161. The maximum absolute atomic E-state index is 5.31. The molecule has 1 aromatic carbocycles. The molecule has 1 N–H and O–H groups in total. The van der Waals surface area contributed by atoms with E-state index in [4.69, 9.17) is 4.52 Å². The molecule has 4 nitrogen and oxygen atoms in total. The Balaban J connectivity index is 1.57. The Morgan fingerprint density at radius 2 is 2.00 bits per heavy atom. The van der Waals surface area contributed by atoms with E-state index in [-0.39, 0.29) is 5.54 Å². The first kappa shape index (κ1) is 13.3. The Kier molecular flexibility index (Phi) is 3.57. The highest BCUT2D eigenvalue weighted by Gasteiger charge is 2.37. The van der Waals surface area contributed by atoms with Crippen LogP contribution >= 0.6 is 0 Å². The molecule has 0 amide bonds. The second-order valence-electron chi connectivity index (χ2n) is 6.12. The van der Waals surface area contributed by atoms with Crippen LogP contribution in [0.15, 0.2) is 34.9 Å². The molecule has 3 rings (SSSR count). The van der Waals surface area contributed by atoms with E-state index >= 15 is 0 Å². The number of benzene rings is 1. The first-order chi connectivity index (χ1) is 9.63. The lowest BCUT2D eigenvalue weighted by molar-refractivity contribution is 0.299. The Bertz CT molecular complexity index is 558. The van der Waals surface area contributed by atoms with Crippen molar-refractivity contribution in [2.45, 2.75) is 45.2 Å². The van der Waals surface area contributed by atoms with Gasteiger partial charge in [-0.3, -0.25) is 0 Å². The molecule has 1 fully saturated rings. The predicted octanol–water partition coefficient (Wildman–Crippen LogP) is 2.94. The molecule has 2 aromatic rings. The second-order valence-corrected chi connectivity index (χ2v) is 6.12. The summed E-state index contributed by atoms with van der Waals surface area (Å²) in [5, 5.41) is 7.56. The third kappa shape index (κ3) is 3.25. The van der Waals surface area contributed by atoms with E-state index in [1.54, 1.807) is 0 Å². The van der Waals surface area contributed by atoms with E-state index in [1.165, 1.54) is 18.4 Å². The van der Waals surface area contributed by atoms with Gasteiger partial charge in [-0.15, -0.1) is 0 Å². The fourth-order valence-electron chi connectivity index (χ4n) is 2.46. The lowest BCUT2D eigenvalue weighted by atomic mass is 9.99. The molecule has 1 aliphatic rings. The second kappa shape index (κ2) is 5.37. The number of nitrogens with zero attached hydrogens (tertiary/aromatic N) is 2. The molecule has 0 unspecified atom stereocenters. The van der Waals surface area contributed by atoms with Gasteiger partial charge in [0, 0.05) is 12.0 Å². The highest BCUT2D eigenvalue weighted by molar-refractivity contribution is 5.18. The van der Waals surface area contributed by atoms with Crippen LogP contribution in [0.2, 0.25) is 0 Å². The van der Waals surface area contributed by atoms with Crippen molar-refractivity contribution in [3.8, 4) is 0 Å². The summed E-state index contributed by atoms with van der Waals surface area (Å²) in [5.41, 5.74) is 1.36. The standard InChI is InChI=1S/C16H21N3O/c1-16(2,13-8-9-13)17-11-15-18-14(19-20-15)10-12-6-4-3-5-7-12/h3-7,13,17H,8-11H2,1-2H3. The number of hydrogen-bond donors (Lipinski definition) is 1. The van der Waals surface area contributed by atoms with Crippen LogP contribution in [-0.4, -0.2) is 15.7 Å². The van der Waals surface area contributed by atoms with Crippen LogP contribution in [0.25, 0.3) is 0 Å². The summed E-state index contributed by atoms with van der Waals surface area (Å²) in [7, 11) is 0. The number of aromatic nitrogens is 2. The van der Waals surface area contributed by atoms with Crippen molar-refractivity contribution in [1.29, 1.82) is 0 Å². The average molecular weight is 271 g/mol. The Labute approximate surface area is 119 Å². The fourth-order valence-corrected chi connectivity index (χ4v) is 2.46. The third-order valence-electron chi connectivity index (χ3n) is 4.01. The van der Waals surface area contributed by atoms with Crippen LogP contribution in [0.3, 0.4) is 0 Å². The zero-order valence-electron chi connectivity index (χ0n) is 12.1. The molecule has 20 heavy (non-hydrogen) atoms. The molecule has 1 aliphatic carbocycles. The van der Waals surface area contributed by atoms with E-state index in [9.17, 15) is 0 Å². The van der Waals surface area contributed by atoms with Crippen molar-refractivity contribution in [1.82, 2.24) is 15.5 Å². The Morgan fingerprint density at radius 1 is 1.25 bits per heavy atom. The fraction of sp³-hybridized carbons (Fsp3) is 0.500. The van der Waals surface area contributed by atoms with Gasteiger partial charge in [-0.1, -0.05) is 35.5 Å². The zero-order valence-corrected chi connectivity index (χ0v) is 12.1. The first-order valence-corrected chi connectivity index (χ1v) is 7.24. The molecule has 0 spiro atoms. The monoisotopic (exact) mass is 271 g/mol. The highest BCUT2D eigenvalue weighted by atomic mass is 16.5. The van der Waals surface area contributed by atoms with Gasteiger partial charge in [0.25, 0.3) is 0 Å². The van der Waals surface area contributed by atoms with Gasteiger partial charge in [0.1, 0.15) is 0 Å². The van der Waals surface area contributed by atoms with Crippen molar-refractivity contribution in [2.24, 2.45) is 5.92 Å². The molecule has 1 aromatic heterocycles. The summed E-state index contributed by atoms with van der Waals surface area (Å²) in [6.45, 7) is 5.13.